The summed E-state index contributed by atoms with van der Waals surface area (Å²) < 4.78 is 11.1. The number of aromatic nitrogens is 2. The van der Waals surface area contributed by atoms with Gasteiger partial charge in [-0.05, 0) is 20.3 Å². The standard InChI is InChI=1S/C16H19N3O3S/c1-10-5-13(22-8-12-3-4-21-7-12)6-14(17-10)15(20)19-16-18-11(2)9-23-16/h5-6,9,12H,3-4,7-8H2,1-2H3,(H,18,19,20). The third-order valence-electron chi connectivity index (χ3n) is 3.51. The van der Waals surface area contributed by atoms with Gasteiger partial charge < -0.3 is 9.47 Å². The first-order valence-corrected chi connectivity index (χ1v) is 8.41. The number of aryl methyl sites for hydroxylation is 2. The van der Waals surface area contributed by atoms with Gasteiger partial charge in [0, 0.05) is 35.7 Å². The molecule has 1 saturated heterocycles. The zero-order chi connectivity index (χ0) is 16.2. The highest BCUT2D eigenvalue weighted by Gasteiger charge is 2.17. The predicted octanol–water partition coefficient (Wildman–Crippen LogP) is 2.82. The summed E-state index contributed by atoms with van der Waals surface area (Å²) in [4.78, 5) is 20.8. The molecule has 1 unspecified atom stereocenters. The summed E-state index contributed by atoms with van der Waals surface area (Å²) in [5.41, 5.74) is 1.95. The van der Waals surface area contributed by atoms with Gasteiger partial charge in [-0.1, -0.05) is 0 Å². The molecule has 1 N–H and O–H groups in total. The van der Waals surface area contributed by atoms with Gasteiger partial charge in [0.2, 0.25) is 0 Å². The number of hydrogen-bond acceptors (Lipinski definition) is 6. The zero-order valence-corrected chi connectivity index (χ0v) is 14.0. The highest BCUT2D eigenvalue weighted by atomic mass is 32.1. The van der Waals surface area contributed by atoms with Crippen molar-refractivity contribution in [2.45, 2.75) is 20.3 Å². The molecule has 122 valence electrons. The van der Waals surface area contributed by atoms with Crippen molar-refractivity contribution in [1.82, 2.24) is 9.97 Å². The molecule has 0 saturated carbocycles. The van der Waals surface area contributed by atoms with Crippen molar-refractivity contribution in [2.24, 2.45) is 5.92 Å². The lowest BCUT2D eigenvalue weighted by Crippen LogP contribution is -2.15. The van der Waals surface area contributed by atoms with E-state index in [1.54, 1.807) is 6.07 Å². The van der Waals surface area contributed by atoms with E-state index in [1.165, 1.54) is 11.3 Å². The van der Waals surface area contributed by atoms with Crippen LogP contribution >= 0.6 is 11.3 Å². The molecule has 0 aliphatic carbocycles. The number of ether oxygens (including phenoxy) is 2. The number of anilines is 1. The van der Waals surface area contributed by atoms with Crippen LogP contribution in [0.5, 0.6) is 5.75 Å². The average molecular weight is 333 g/mol. The second-order valence-corrected chi connectivity index (χ2v) is 6.48. The first-order chi connectivity index (χ1) is 11.1. The third kappa shape index (κ3) is 4.27. The Labute approximate surface area is 138 Å². The predicted molar refractivity (Wildman–Crippen MR) is 88.2 cm³/mol. The van der Waals surface area contributed by atoms with Gasteiger partial charge in [-0.3, -0.25) is 10.1 Å². The zero-order valence-electron chi connectivity index (χ0n) is 13.2. The van der Waals surface area contributed by atoms with Crippen molar-refractivity contribution in [3.8, 4) is 5.75 Å². The molecule has 0 spiro atoms. The van der Waals surface area contributed by atoms with Gasteiger partial charge in [0.05, 0.1) is 18.9 Å². The summed E-state index contributed by atoms with van der Waals surface area (Å²) in [6, 6.07) is 3.50. The molecule has 3 rings (SSSR count). The van der Waals surface area contributed by atoms with Crippen molar-refractivity contribution >= 4 is 22.4 Å². The van der Waals surface area contributed by atoms with Crippen molar-refractivity contribution in [3.05, 3.63) is 34.6 Å². The molecule has 1 atom stereocenters. The molecule has 1 fully saturated rings. The molecule has 0 bridgehead atoms. The lowest BCUT2D eigenvalue weighted by atomic mass is 10.1. The maximum absolute atomic E-state index is 12.3. The molecule has 1 amide bonds. The van der Waals surface area contributed by atoms with Crippen LogP contribution in [-0.4, -0.2) is 35.7 Å². The fraction of sp³-hybridized carbons (Fsp3) is 0.438. The molecule has 0 radical (unpaired) electrons. The maximum Gasteiger partial charge on any atom is 0.276 e. The molecule has 23 heavy (non-hydrogen) atoms. The van der Waals surface area contributed by atoms with E-state index in [2.05, 4.69) is 15.3 Å². The van der Waals surface area contributed by atoms with E-state index in [0.29, 0.717) is 29.1 Å². The molecule has 1 aliphatic heterocycles. The Bertz CT molecular complexity index is 696. The van der Waals surface area contributed by atoms with E-state index < -0.39 is 0 Å². The Morgan fingerprint density at radius 2 is 2.26 bits per heavy atom. The SMILES string of the molecule is Cc1cc(OCC2CCOC2)cc(C(=O)Nc2nc(C)cs2)n1. The highest BCUT2D eigenvalue weighted by molar-refractivity contribution is 7.13. The number of carbonyl (C=O) groups excluding carboxylic acids is 1. The first kappa shape index (κ1) is 15.9. The minimum atomic E-state index is -0.280. The first-order valence-electron chi connectivity index (χ1n) is 7.53. The van der Waals surface area contributed by atoms with E-state index in [4.69, 9.17) is 9.47 Å². The Kier molecular flexibility index (Phi) is 4.88. The smallest absolute Gasteiger partial charge is 0.276 e. The van der Waals surface area contributed by atoms with Crippen molar-refractivity contribution in [1.29, 1.82) is 0 Å². The van der Waals surface area contributed by atoms with Crippen LogP contribution in [0.2, 0.25) is 0 Å². The Morgan fingerprint density at radius 3 is 2.96 bits per heavy atom. The van der Waals surface area contributed by atoms with Crippen LogP contribution in [-0.2, 0) is 4.74 Å². The Balaban J connectivity index is 1.67. The molecular weight excluding hydrogens is 314 g/mol. The van der Waals surface area contributed by atoms with E-state index in [0.717, 1.165) is 31.0 Å². The molecule has 6 nitrogen and oxygen atoms in total. The third-order valence-corrected chi connectivity index (χ3v) is 4.38. The lowest BCUT2D eigenvalue weighted by Gasteiger charge is -2.12. The second-order valence-electron chi connectivity index (χ2n) is 5.62. The molecule has 2 aromatic rings. The van der Waals surface area contributed by atoms with Crippen LogP contribution in [0.4, 0.5) is 5.13 Å². The summed E-state index contributed by atoms with van der Waals surface area (Å²) in [6.45, 7) is 5.85. The summed E-state index contributed by atoms with van der Waals surface area (Å²) in [5, 5.41) is 5.22. The number of hydrogen-bond donors (Lipinski definition) is 1. The topological polar surface area (TPSA) is 73.3 Å². The van der Waals surface area contributed by atoms with Gasteiger partial charge in [0.25, 0.3) is 5.91 Å². The minimum Gasteiger partial charge on any atom is -0.493 e. The highest BCUT2D eigenvalue weighted by Crippen LogP contribution is 2.20. The van der Waals surface area contributed by atoms with E-state index >= 15 is 0 Å². The summed E-state index contributed by atoms with van der Waals surface area (Å²) >= 11 is 1.39. The van der Waals surface area contributed by atoms with Crippen LogP contribution < -0.4 is 10.1 Å². The fourth-order valence-electron chi connectivity index (χ4n) is 2.34. The molecule has 7 heteroatoms. The molecular formula is C16H19N3O3S. The molecule has 3 heterocycles. The number of nitrogens with zero attached hydrogens (tertiary/aromatic N) is 2. The van der Waals surface area contributed by atoms with Gasteiger partial charge >= 0.3 is 0 Å². The second kappa shape index (κ2) is 7.06. The van der Waals surface area contributed by atoms with E-state index in [1.807, 2.05) is 25.3 Å². The summed E-state index contributed by atoms with van der Waals surface area (Å²) in [5.74, 6) is 0.793. The maximum atomic E-state index is 12.3. The number of amides is 1. The number of thiazole rings is 1. The monoisotopic (exact) mass is 333 g/mol. The minimum absolute atomic E-state index is 0.280. The lowest BCUT2D eigenvalue weighted by molar-refractivity contribution is 0.102. The quantitative estimate of drug-likeness (QED) is 0.911. The largest absolute Gasteiger partial charge is 0.493 e. The number of pyridine rings is 1. The average Bonchev–Trinajstić information content (AvgIpc) is 3.16. The number of rotatable bonds is 5. The summed E-state index contributed by atoms with van der Waals surface area (Å²) in [7, 11) is 0. The van der Waals surface area contributed by atoms with Crippen LogP contribution in [0, 0.1) is 19.8 Å². The van der Waals surface area contributed by atoms with Crippen molar-refractivity contribution < 1.29 is 14.3 Å². The van der Waals surface area contributed by atoms with Crippen LogP contribution in [0.25, 0.3) is 0 Å². The molecule has 1 aliphatic rings. The Hall–Kier alpha value is -1.99. The van der Waals surface area contributed by atoms with E-state index in [9.17, 15) is 4.79 Å². The van der Waals surface area contributed by atoms with Gasteiger partial charge in [-0.25, -0.2) is 9.97 Å². The molecule has 0 aromatic carbocycles. The van der Waals surface area contributed by atoms with Gasteiger partial charge in [0.1, 0.15) is 11.4 Å². The molecule has 2 aromatic heterocycles. The number of nitrogens with one attached hydrogen (secondary N) is 1. The van der Waals surface area contributed by atoms with E-state index in [-0.39, 0.29) is 5.91 Å². The van der Waals surface area contributed by atoms with Crippen LogP contribution in [0.15, 0.2) is 17.5 Å². The normalized spacial score (nSPS) is 17.2. The van der Waals surface area contributed by atoms with Gasteiger partial charge in [-0.2, -0.15) is 0 Å². The van der Waals surface area contributed by atoms with Crippen molar-refractivity contribution in [3.63, 3.8) is 0 Å². The fourth-order valence-corrected chi connectivity index (χ4v) is 3.02. The summed E-state index contributed by atoms with van der Waals surface area (Å²) in [6.07, 6.45) is 1.01. The number of carbonyl (C=O) groups is 1. The van der Waals surface area contributed by atoms with Gasteiger partial charge in [0.15, 0.2) is 5.13 Å². The Morgan fingerprint density at radius 1 is 1.39 bits per heavy atom. The van der Waals surface area contributed by atoms with Gasteiger partial charge in [-0.15, -0.1) is 11.3 Å². The van der Waals surface area contributed by atoms with Crippen LogP contribution in [0.3, 0.4) is 0 Å². The van der Waals surface area contributed by atoms with Crippen molar-refractivity contribution in [2.75, 3.05) is 25.1 Å². The van der Waals surface area contributed by atoms with Crippen LogP contribution in [0.1, 0.15) is 28.3 Å².